The van der Waals surface area contributed by atoms with Gasteiger partial charge in [-0.25, -0.2) is 9.59 Å². The van der Waals surface area contributed by atoms with Gasteiger partial charge in [0, 0.05) is 11.3 Å². The number of rotatable bonds is 6. The van der Waals surface area contributed by atoms with E-state index in [-0.39, 0.29) is 35.0 Å². The molecule has 2 heterocycles. The molecule has 0 aliphatic carbocycles. The Kier molecular flexibility index (Phi) is 5.98. The molecule has 3 rings (SSSR count). The first-order valence-corrected chi connectivity index (χ1v) is 10.0. The van der Waals surface area contributed by atoms with Crippen molar-refractivity contribution in [1.82, 2.24) is 0 Å². The molecule has 0 fully saturated rings. The van der Waals surface area contributed by atoms with Crippen LogP contribution >= 0.6 is 0 Å². The van der Waals surface area contributed by atoms with Crippen LogP contribution in [0, 0.1) is 0 Å². The number of esters is 2. The average molecular weight is 443 g/mol. The number of allylic oxidation sites excluding steroid dienone is 1. The molecule has 10 nitrogen and oxygen atoms in total. The second kappa shape index (κ2) is 8.37. The molecule has 32 heavy (non-hydrogen) atoms. The fraction of sp³-hybridized carbons (Fsp3) is 0.364. The van der Waals surface area contributed by atoms with Crippen LogP contribution in [0.1, 0.15) is 33.3 Å². The summed E-state index contributed by atoms with van der Waals surface area (Å²) in [6.07, 6.45) is -0.525. The van der Waals surface area contributed by atoms with Crippen molar-refractivity contribution >= 4 is 29.4 Å². The molecule has 2 aliphatic heterocycles. The molecule has 0 saturated carbocycles. The lowest BCUT2D eigenvalue weighted by atomic mass is 9.67. The maximum Gasteiger partial charge on any atom is 0.341 e. The third kappa shape index (κ3) is 3.37. The van der Waals surface area contributed by atoms with Gasteiger partial charge >= 0.3 is 11.9 Å². The Morgan fingerprint density at radius 3 is 2.41 bits per heavy atom. The van der Waals surface area contributed by atoms with Gasteiger partial charge in [-0.3, -0.25) is 9.59 Å². The van der Waals surface area contributed by atoms with Gasteiger partial charge in [0.1, 0.15) is 28.9 Å². The topological polar surface area (TPSA) is 151 Å². The van der Waals surface area contributed by atoms with Crippen LogP contribution in [0.4, 0.5) is 5.69 Å². The Labute approximate surface area is 184 Å². The number of primary amides is 1. The molecule has 0 aromatic heterocycles. The first kappa shape index (κ1) is 22.9. The van der Waals surface area contributed by atoms with Crippen LogP contribution in [0.2, 0.25) is 0 Å². The summed E-state index contributed by atoms with van der Waals surface area (Å²) < 4.78 is 16.1. The molecule has 4 N–H and O–H groups in total. The third-order valence-corrected chi connectivity index (χ3v) is 5.12. The maximum atomic E-state index is 14.0. The van der Waals surface area contributed by atoms with E-state index >= 15 is 0 Å². The van der Waals surface area contributed by atoms with Crippen molar-refractivity contribution in [2.75, 3.05) is 18.1 Å². The number of fused-ring (bicyclic) bond motifs is 2. The standard InChI is InChI=1S/C22H25N3O7/c1-5-30-19(27)17-18(24)32-12(4)16(20(28)31-11(2)3)22(17)13-8-6-7-9-14(13)25(21(22)29)10-15(23)26/h6-9,11H,5,10,24H2,1-4H3,(H2,23,26). The zero-order valence-electron chi connectivity index (χ0n) is 18.3. The van der Waals surface area contributed by atoms with Gasteiger partial charge in [0.25, 0.3) is 0 Å². The molecule has 1 atom stereocenters. The van der Waals surface area contributed by atoms with Crippen LogP contribution in [0.25, 0.3) is 0 Å². The number of carbonyl (C=O) groups excluding carboxylic acids is 4. The first-order valence-electron chi connectivity index (χ1n) is 10.0. The Bertz CT molecular complexity index is 1070. The summed E-state index contributed by atoms with van der Waals surface area (Å²) in [6, 6.07) is 6.44. The highest BCUT2D eigenvalue weighted by Crippen LogP contribution is 2.54. The van der Waals surface area contributed by atoms with Crippen molar-refractivity contribution in [3.05, 3.63) is 52.6 Å². The summed E-state index contributed by atoms with van der Waals surface area (Å²) in [5, 5.41) is 0. The molecule has 2 aliphatic rings. The smallest absolute Gasteiger partial charge is 0.341 e. The highest BCUT2D eigenvalue weighted by Gasteiger charge is 2.64. The Balaban J connectivity index is 2.41. The van der Waals surface area contributed by atoms with Crippen LogP contribution in [-0.4, -0.2) is 43.0 Å². The molecule has 1 unspecified atom stereocenters. The van der Waals surface area contributed by atoms with Crippen LogP contribution in [-0.2, 0) is 38.8 Å². The number of para-hydroxylation sites is 1. The van der Waals surface area contributed by atoms with Gasteiger partial charge in [-0.1, -0.05) is 18.2 Å². The zero-order valence-corrected chi connectivity index (χ0v) is 18.3. The fourth-order valence-electron chi connectivity index (χ4n) is 4.12. The van der Waals surface area contributed by atoms with Gasteiger partial charge in [-0.05, 0) is 33.8 Å². The Hall–Kier alpha value is -3.82. The molecule has 1 spiro atoms. The van der Waals surface area contributed by atoms with E-state index in [4.69, 9.17) is 25.7 Å². The number of nitrogens with two attached hydrogens (primary N) is 2. The molecule has 170 valence electrons. The Morgan fingerprint density at radius 1 is 1.16 bits per heavy atom. The number of hydrogen-bond acceptors (Lipinski definition) is 8. The number of carbonyl (C=O) groups is 4. The minimum Gasteiger partial charge on any atom is -0.462 e. The lowest BCUT2D eigenvalue weighted by Crippen LogP contribution is -2.52. The summed E-state index contributed by atoms with van der Waals surface area (Å²) in [7, 11) is 0. The highest BCUT2D eigenvalue weighted by atomic mass is 16.6. The molecular weight excluding hydrogens is 418 g/mol. The largest absolute Gasteiger partial charge is 0.462 e. The third-order valence-electron chi connectivity index (χ3n) is 5.12. The summed E-state index contributed by atoms with van der Waals surface area (Å²) in [5.41, 5.74) is 9.43. The fourth-order valence-corrected chi connectivity index (χ4v) is 4.12. The van der Waals surface area contributed by atoms with Crippen molar-refractivity contribution in [3.8, 4) is 0 Å². The highest BCUT2D eigenvalue weighted by molar-refractivity contribution is 6.23. The molecule has 1 aromatic rings. The van der Waals surface area contributed by atoms with Gasteiger partial charge in [0.15, 0.2) is 0 Å². The lowest BCUT2D eigenvalue weighted by Gasteiger charge is -2.36. The maximum absolute atomic E-state index is 14.0. The number of amides is 2. The normalized spacial score (nSPS) is 19.9. The van der Waals surface area contributed by atoms with E-state index < -0.39 is 41.8 Å². The number of nitrogens with zero attached hydrogens (tertiary/aromatic N) is 1. The number of ether oxygens (including phenoxy) is 3. The van der Waals surface area contributed by atoms with Crippen LogP contribution < -0.4 is 16.4 Å². The van der Waals surface area contributed by atoms with Gasteiger partial charge in [-0.2, -0.15) is 0 Å². The summed E-state index contributed by atoms with van der Waals surface area (Å²) in [5.74, 6) is -3.73. The van der Waals surface area contributed by atoms with Gasteiger partial charge < -0.3 is 30.6 Å². The molecular formula is C22H25N3O7. The predicted molar refractivity (Wildman–Crippen MR) is 113 cm³/mol. The zero-order chi connectivity index (χ0) is 23.8. The molecule has 0 radical (unpaired) electrons. The molecule has 1 aromatic carbocycles. The van der Waals surface area contributed by atoms with E-state index in [0.29, 0.717) is 5.69 Å². The van der Waals surface area contributed by atoms with Crippen molar-refractivity contribution in [2.45, 2.75) is 39.2 Å². The SMILES string of the molecule is CCOC(=O)C1=C(N)OC(C)=C(C(=O)OC(C)C)C12C(=O)N(CC(N)=O)c1ccccc12. The van der Waals surface area contributed by atoms with Crippen molar-refractivity contribution in [3.63, 3.8) is 0 Å². The second-order valence-corrected chi connectivity index (χ2v) is 7.57. The second-order valence-electron chi connectivity index (χ2n) is 7.57. The van der Waals surface area contributed by atoms with Gasteiger partial charge in [-0.15, -0.1) is 0 Å². The van der Waals surface area contributed by atoms with Crippen molar-refractivity contribution in [2.24, 2.45) is 11.5 Å². The molecule has 10 heteroatoms. The van der Waals surface area contributed by atoms with Crippen LogP contribution in [0.15, 0.2) is 47.1 Å². The van der Waals surface area contributed by atoms with E-state index in [1.54, 1.807) is 45.0 Å². The number of anilines is 1. The Morgan fingerprint density at radius 2 is 1.81 bits per heavy atom. The monoisotopic (exact) mass is 443 g/mol. The molecule has 0 bridgehead atoms. The number of hydrogen-bond donors (Lipinski definition) is 2. The van der Waals surface area contributed by atoms with E-state index in [1.165, 1.54) is 6.92 Å². The number of benzene rings is 1. The quantitative estimate of drug-likeness (QED) is 0.611. The van der Waals surface area contributed by atoms with Crippen molar-refractivity contribution < 1.29 is 33.4 Å². The molecule has 0 saturated heterocycles. The van der Waals surface area contributed by atoms with Crippen LogP contribution in [0.5, 0.6) is 0 Å². The first-order chi connectivity index (χ1) is 15.1. The van der Waals surface area contributed by atoms with E-state index in [1.807, 2.05) is 0 Å². The summed E-state index contributed by atoms with van der Waals surface area (Å²) in [4.78, 5) is 53.2. The predicted octanol–water partition coefficient (Wildman–Crippen LogP) is 0.746. The molecule has 2 amide bonds. The van der Waals surface area contributed by atoms with E-state index in [9.17, 15) is 19.2 Å². The van der Waals surface area contributed by atoms with E-state index in [0.717, 1.165) is 4.90 Å². The van der Waals surface area contributed by atoms with Gasteiger partial charge in [0.2, 0.25) is 17.7 Å². The lowest BCUT2D eigenvalue weighted by molar-refractivity contribution is -0.146. The van der Waals surface area contributed by atoms with Gasteiger partial charge in [0.05, 0.1) is 12.7 Å². The minimum atomic E-state index is -2.03. The average Bonchev–Trinajstić information content (AvgIpc) is 2.90. The van der Waals surface area contributed by atoms with E-state index in [2.05, 4.69) is 0 Å². The summed E-state index contributed by atoms with van der Waals surface area (Å²) >= 11 is 0. The van der Waals surface area contributed by atoms with Crippen LogP contribution in [0.3, 0.4) is 0 Å². The summed E-state index contributed by atoms with van der Waals surface area (Å²) in [6.45, 7) is 5.83. The minimum absolute atomic E-state index is 0.00900. The van der Waals surface area contributed by atoms with Crippen molar-refractivity contribution in [1.29, 1.82) is 0 Å².